The number of carbonyl (C=O) groups excluding carboxylic acids is 2. The highest BCUT2D eigenvalue weighted by Gasteiger charge is 2.56. The first-order chi connectivity index (χ1) is 13.9. The van der Waals surface area contributed by atoms with Crippen molar-refractivity contribution in [2.24, 2.45) is 10.3 Å². The molecule has 3 rings (SSSR count). The van der Waals surface area contributed by atoms with Gasteiger partial charge in [-0.05, 0) is 38.0 Å². The molecule has 14 heteroatoms. The first-order valence-electron chi connectivity index (χ1n) is 8.90. The number of likely N-dealkylation sites (tertiary alicyclic amines) is 1. The van der Waals surface area contributed by atoms with E-state index in [1.54, 1.807) is 6.92 Å². The van der Waals surface area contributed by atoms with Crippen LogP contribution in [-0.2, 0) is 24.0 Å². The van der Waals surface area contributed by atoms with E-state index >= 15 is 0 Å². The van der Waals surface area contributed by atoms with Gasteiger partial charge in [0.2, 0.25) is 11.4 Å². The summed E-state index contributed by atoms with van der Waals surface area (Å²) in [6.07, 6.45) is 2.92. The number of nitrogen functional groups attached to an aromatic ring is 1. The summed E-state index contributed by atoms with van der Waals surface area (Å²) in [6, 6.07) is 0. The van der Waals surface area contributed by atoms with E-state index in [4.69, 9.17) is 20.4 Å². The standard InChI is InChI=1S/C15H19N7O7/c1-2-27-14(25)10-9(8-21-6-4-3-5-7-21)22(20-17-10,28-15(26)13(23)24)12-11(16)18-29-19-12/h2-8H2,1H3,(H2-,16,18,23,24)/p+1. The molecule has 0 bridgehead atoms. The second kappa shape index (κ2) is 8.32. The average Bonchev–Trinajstić information content (AvgIpc) is 3.27. The molecule has 3 N–H and O–H groups in total. The minimum absolute atomic E-state index is 0.0161. The molecule has 1 atom stereocenters. The number of rotatable bonds is 6. The van der Waals surface area contributed by atoms with Crippen LogP contribution in [0.1, 0.15) is 26.2 Å². The molecule has 1 aromatic heterocycles. The number of quaternary nitrogens is 1. The van der Waals surface area contributed by atoms with E-state index in [0.29, 0.717) is 13.1 Å². The molecule has 14 nitrogen and oxygen atoms in total. The molecule has 3 heterocycles. The van der Waals surface area contributed by atoms with Crippen LogP contribution >= 0.6 is 0 Å². The lowest BCUT2D eigenvalue weighted by molar-refractivity contribution is -0.189. The van der Waals surface area contributed by atoms with Crippen LogP contribution < -0.4 is 10.5 Å². The first kappa shape index (κ1) is 20.3. The van der Waals surface area contributed by atoms with Crippen molar-refractivity contribution >= 4 is 29.5 Å². The highest BCUT2D eigenvalue weighted by Crippen LogP contribution is 2.40. The molecular weight excluding hydrogens is 390 g/mol. The van der Waals surface area contributed by atoms with Crippen molar-refractivity contribution < 1.29 is 33.7 Å². The largest absolute Gasteiger partial charge is 0.478 e. The maximum atomic E-state index is 12.4. The Morgan fingerprint density at radius 1 is 1.24 bits per heavy atom. The van der Waals surface area contributed by atoms with Gasteiger partial charge in [0.25, 0.3) is 5.82 Å². The number of nitrogens with zero attached hydrogens (tertiary/aromatic N) is 6. The molecule has 156 valence electrons. The van der Waals surface area contributed by atoms with Gasteiger partial charge < -0.3 is 15.6 Å². The Morgan fingerprint density at radius 3 is 2.55 bits per heavy atom. The fraction of sp³-hybridized carbons (Fsp3) is 0.533. The molecule has 0 saturated carbocycles. The minimum atomic E-state index is -1.88. The molecule has 1 aromatic rings. The molecule has 1 saturated heterocycles. The van der Waals surface area contributed by atoms with Crippen LogP contribution in [0.15, 0.2) is 26.4 Å². The number of nitrogens with two attached hydrogens (primary N) is 1. The summed E-state index contributed by atoms with van der Waals surface area (Å²) >= 11 is 0. The Morgan fingerprint density at radius 2 is 1.97 bits per heavy atom. The van der Waals surface area contributed by atoms with E-state index in [1.165, 1.54) is 0 Å². The van der Waals surface area contributed by atoms with Crippen LogP contribution in [0.3, 0.4) is 0 Å². The van der Waals surface area contributed by atoms with Crippen molar-refractivity contribution in [2.45, 2.75) is 26.2 Å². The Bertz CT molecular complexity index is 874. The molecule has 0 amide bonds. The van der Waals surface area contributed by atoms with E-state index < -0.39 is 22.7 Å². The highest BCUT2D eigenvalue weighted by atomic mass is 16.8. The van der Waals surface area contributed by atoms with Gasteiger partial charge in [0, 0.05) is 5.16 Å². The third kappa shape index (κ3) is 3.93. The number of ether oxygens (including phenoxy) is 1. The van der Waals surface area contributed by atoms with Gasteiger partial charge in [0.15, 0.2) is 0 Å². The number of piperidine rings is 1. The molecule has 2 aliphatic heterocycles. The third-order valence-electron chi connectivity index (χ3n) is 4.37. The molecule has 0 aliphatic carbocycles. The summed E-state index contributed by atoms with van der Waals surface area (Å²) in [5.41, 5.74) is 5.54. The number of hydroxylamine groups is 1. The van der Waals surface area contributed by atoms with Crippen molar-refractivity contribution in [3.05, 3.63) is 11.4 Å². The van der Waals surface area contributed by atoms with Crippen molar-refractivity contribution in [1.82, 2.24) is 20.0 Å². The fourth-order valence-corrected chi connectivity index (χ4v) is 3.07. The molecule has 1 fully saturated rings. The van der Waals surface area contributed by atoms with Gasteiger partial charge in [0.05, 0.1) is 23.1 Å². The summed E-state index contributed by atoms with van der Waals surface area (Å²) in [4.78, 5) is 42.6. The zero-order valence-electron chi connectivity index (χ0n) is 15.6. The molecule has 0 aromatic carbocycles. The van der Waals surface area contributed by atoms with Crippen LogP contribution in [-0.4, -0.2) is 64.5 Å². The minimum Gasteiger partial charge on any atom is -0.473 e. The third-order valence-corrected chi connectivity index (χ3v) is 4.37. The van der Waals surface area contributed by atoms with Crippen LogP contribution in [0.25, 0.3) is 0 Å². The second-order valence-electron chi connectivity index (χ2n) is 6.28. The van der Waals surface area contributed by atoms with Crippen molar-refractivity contribution in [1.29, 1.82) is 0 Å². The van der Waals surface area contributed by atoms with Gasteiger partial charge in [0.1, 0.15) is 0 Å². The van der Waals surface area contributed by atoms with E-state index in [-0.39, 0.29) is 36.2 Å². The topological polar surface area (TPSA) is 183 Å². The zero-order valence-corrected chi connectivity index (χ0v) is 15.6. The quantitative estimate of drug-likeness (QED) is 0.369. The lowest BCUT2D eigenvalue weighted by Gasteiger charge is -2.29. The van der Waals surface area contributed by atoms with E-state index in [9.17, 15) is 14.4 Å². The average molecular weight is 410 g/mol. The van der Waals surface area contributed by atoms with Crippen LogP contribution in [0, 0.1) is 0 Å². The molecule has 1 unspecified atom stereocenters. The summed E-state index contributed by atoms with van der Waals surface area (Å²) in [7, 11) is 0. The van der Waals surface area contributed by atoms with Crippen LogP contribution in [0.5, 0.6) is 0 Å². The van der Waals surface area contributed by atoms with Crippen LogP contribution in [0.2, 0.25) is 0 Å². The highest BCUT2D eigenvalue weighted by molar-refractivity contribution is 6.28. The number of esters is 1. The maximum Gasteiger partial charge on any atom is 0.478 e. The van der Waals surface area contributed by atoms with E-state index in [1.807, 2.05) is 4.90 Å². The lowest BCUT2D eigenvalue weighted by atomic mass is 10.1. The van der Waals surface area contributed by atoms with Gasteiger partial charge in [-0.25, -0.2) is 23.9 Å². The summed E-state index contributed by atoms with van der Waals surface area (Å²) in [6.45, 7) is 3.16. The normalized spacial score (nSPS) is 22.0. The second-order valence-corrected chi connectivity index (χ2v) is 6.28. The van der Waals surface area contributed by atoms with Crippen LogP contribution in [0.4, 0.5) is 11.6 Å². The Hall–Kier alpha value is -3.39. The van der Waals surface area contributed by atoms with Gasteiger partial charge >= 0.3 is 23.7 Å². The SMILES string of the molecule is CCOC(=O)C1=C(CN2CCCCC2)[N+](OC(=O)C(=O)O)(c2nonc2N)N=N1. The number of carboxylic acids is 1. The molecule has 0 spiro atoms. The van der Waals surface area contributed by atoms with Crippen molar-refractivity contribution in [3.63, 3.8) is 0 Å². The molecular formula is C15H20N7O7+. The molecule has 29 heavy (non-hydrogen) atoms. The smallest absolute Gasteiger partial charge is 0.473 e. The van der Waals surface area contributed by atoms with Gasteiger partial charge in [-0.2, -0.15) is 0 Å². The summed E-state index contributed by atoms with van der Waals surface area (Å²) < 4.78 is 8.26. The van der Waals surface area contributed by atoms with Gasteiger partial charge in [-0.1, -0.05) is 11.5 Å². The van der Waals surface area contributed by atoms with E-state index in [2.05, 4.69) is 25.3 Å². The lowest BCUT2D eigenvalue weighted by Crippen LogP contribution is -2.49. The molecule has 2 aliphatic rings. The summed E-state index contributed by atoms with van der Waals surface area (Å²) in [5.74, 6) is -5.01. The maximum absolute atomic E-state index is 12.4. The summed E-state index contributed by atoms with van der Waals surface area (Å²) in [5, 5.41) is 23.7. The number of hydrogen-bond donors (Lipinski definition) is 2. The zero-order chi connectivity index (χ0) is 21.0. The number of anilines is 1. The monoisotopic (exact) mass is 410 g/mol. The van der Waals surface area contributed by atoms with Gasteiger partial charge in [-0.15, -0.1) is 0 Å². The predicted octanol–water partition coefficient (Wildman–Crippen LogP) is 0.143. The molecule has 0 radical (unpaired) electrons. The number of carbonyl (C=O) groups is 3. The van der Waals surface area contributed by atoms with Crippen molar-refractivity contribution in [3.8, 4) is 0 Å². The Balaban J connectivity index is 2.11. The Labute approximate surface area is 164 Å². The van der Waals surface area contributed by atoms with E-state index in [0.717, 1.165) is 19.3 Å². The van der Waals surface area contributed by atoms with Crippen molar-refractivity contribution in [2.75, 3.05) is 32.0 Å². The number of aliphatic carboxylic acids is 1. The van der Waals surface area contributed by atoms with Gasteiger partial charge in [-0.3, -0.25) is 4.90 Å². The number of hydrogen-bond acceptors (Lipinski definition) is 12. The fourth-order valence-electron chi connectivity index (χ4n) is 3.07. The number of aromatic nitrogens is 2. The number of carboxylic acid groups (broad SMARTS) is 1. The predicted molar refractivity (Wildman–Crippen MR) is 93.0 cm³/mol. The Kier molecular flexibility index (Phi) is 5.84. The first-order valence-corrected chi connectivity index (χ1v) is 8.90.